The molecule has 2 aliphatic carbocycles. The molecule has 1 aliphatic heterocycles. The fraction of sp³-hybridized carbons (Fsp3) is 0.655. The van der Waals surface area contributed by atoms with Gasteiger partial charge in [0.15, 0.2) is 0 Å². The van der Waals surface area contributed by atoms with Gasteiger partial charge in [-0.3, -0.25) is 4.79 Å². The average Bonchev–Trinajstić information content (AvgIpc) is 3.49. The van der Waals surface area contributed by atoms with Gasteiger partial charge in [-0.1, -0.05) is 23.5 Å². The van der Waals surface area contributed by atoms with E-state index < -0.39 is 5.97 Å². The molecule has 4 rings (SSSR count). The molecule has 1 aromatic rings. The van der Waals surface area contributed by atoms with E-state index in [4.69, 9.17) is 9.47 Å². The molecule has 1 saturated heterocycles. The van der Waals surface area contributed by atoms with Crippen molar-refractivity contribution < 1.29 is 24.2 Å². The number of thiophene rings is 1. The average molecular weight is 514 g/mol. The van der Waals surface area contributed by atoms with Crippen LogP contribution in [0.25, 0.3) is 0 Å². The number of carbonyl (C=O) groups excluding carboxylic acids is 1. The third kappa shape index (κ3) is 6.79. The maximum atomic E-state index is 14.0. The van der Waals surface area contributed by atoms with Crippen LogP contribution in [0.1, 0.15) is 93.6 Å². The Labute approximate surface area is 219 Å². The first kappa shape index (κ1) is 26.9. The van der Waals surface area contributed by atoms with Gasteiger partial charge in [-0.05, 0) is 85.1 Å². The minimum atomic E-state index is -1.01. The summed E-state index contributed by atoms with van der Waals surface area (Å²) >= 11 is 1.17. The van der Waals surface area contributed by atoms with Gasteiger partial charge in [-0.25, -0.2) is 4.79 Å². The molecule has 2 fully saturated rings. The largest absolute Gasteiger partial charge is 0.477 e. The predicted molar refractivity (Wildman–Crippen MR) is 143 cm³/mol. The number of nitrogens with zero attached hydrogens (tertiary/aromatic N) is 1. The molecule has 0 radical (unpaired) electrons. The third-order valence-corrected chi connectivity index (χ3v) is 8.26. The number of carboxylic acids is 1. The Balaban J connectivity index is 1.61. The van der Waals surface area contributed by atoms with Crippen molar-refractivity contribution in [3.63, 3.8) is 0 Å². The van der Waals surface area contributed by atoms with Crippen LogP contribution in [-0.2, 0) is 14.3 Å². The van der Waals surface area contributed by atoms with Crippen LogP contribution in [-0.4, -0.2) is 48.4 Å². The lowest BCUT2D eigenvalue weighted by Gasteiger charge is -2.39. The van der Waals surface area contributed by atoms with Crippen molar-refractivity contribution in [2.24, 2.45) is 11.3 Å². The van der Waals surface area contributed by atoms with Crippen LogP contribution in [0.4, 0.5) is 5.69 Å². The number of allylic oxidation sites excluding steroid dienone is 2. The van der Waals surface area contributed by atoms with E-state index in [1.54, 1.807) is 0 Å². The second kappa shape index (κ2) is 11.5. The van der Waals surface area contributed by atoms with Gasteiger partial charge in [0.1, 0.15) is 4.88 Å². The molecule has 2 heterocycles. The van der Waals surface area contributed by atoms with Crippen LogP contribution in [0.2, 0.25) is 0 Å². The molecule has 0 aromatic carbocycles. The fourth-order valence-corrected chi connectivity index (χ4v) is 6.08. The maximum absolute atomic E-state index is 14.0. The van der Waals surface area contributed by atoms with Crippen LogP contribution in [0.3, 0.4) is 0 Å². The van der Waals surface area contributed by atoms with Gasteiger partial charge in [0.25, 0.3) is 0 Å². The first-order valence-electron chi connectivity index (χ1n) is 13.2. The van der Waals surface area contributed by atoms with Crippen molar-refractivity contribution in [1.29, 1.82) is 0 Å². The molecular formula is C29H39NO5S. The maximum Gasteiger partial charge on any atom is 0.348 e. The molecule has 0 spiro atoms. The molecule has 3 aliphatic rings. The minimum Gasteiger partial charge on any atom is -0.477 e. The summed E-state index contributed by atoms with van der Waals surface area (Å²) in [5.41, 5.74) is 1.63. The molecule has 0 bridgehead atoms. The van der Waals surface area contributed by atoms with Crippen molar-refractivity contribution in [2.75, 3.05) is 18.1 Å². The summed E-state index contributed by atoms with van der Waals surface area (Å²) in [6.07, 6.45) is 9.17. The predicted octanol–water partition coefficient (Wildman–Crippen LogP) is 6.04. The zero-order chi connectivity index (χ0) is 25.9. The number of aromatic carboxylic acids is 1. The van der Waals surface area contributed by atoms with Gasteiger partial charge in [0.05, 0.1) is 29.4 Å². The quantitative estimate of drug-likeness (QED) is 0.371. The number of carboxylic acid groups (broad SMARTS) is 1. The molecule has 1 aromatic heterocycles. The van der Waals surface area contributed by atoms with E-state index in [9.17, 15) is 14.7 Å². The molecule has 1 saturated carbocycles. The molecule has 1 amide bonds. The zero-order valence-corrected chi connectivity index (χ0v) is 22.8. The normalized spacial score (nSPS) is 26.6. The smallest absolute Gasteiger partial charge is 0.348 e. The fourth-order valence-electron chi connectivity index (χ4n) is 5.24. The highest BCUT2D eigenvalue weighted by molar-refractivity contribution is 7.15. The van der Waals surface area contributed by atoms with Gasteiger partial charge < -0.3 is 19.5 Å². The lowest BCUT2D eigenvalue weighted by molar-refractivity contribution is -0.123. The lowest BCUT2D eigenvalue weighted by atomic mass is 9.86. The van der Waals surface area contributed by atoms with Crippen molar-refractivity contribution >= 4 is 28.9 Å². The van der Waals surface area contributed by atoms with E-state index in [1.165, 1.54) is 16.9 Å². The Morgan fingerprint density at radius 1 is 1.14 bits per heavy atom. The van der Waals surface area contributed by atoms with Crippen LogP contribution in [0.15, 0.2) is 17.7 Å². The summed E-state index contributed by atoms with van der Waals surface area (Å²) in [6, 6.07) is 1.79. The molecule has 1 unspecified atom stereocenters. The van der Waals surface area contributed by atoms with Gasteiger partial charge in [-0.15, -0.1) is 11.3 Å². The number of hydrogen-bond acceptors (Lipinski definition) is 5. The molecule has 6 nitrogen and oxygen atoms in total. The third-order valence-electron chi connectivity index (χ3n) is 7.23. The van der Waals surface area contributed by atoms with Crippen molar-refractivity contribution in [3.05, 3.63) is 27.5 Å². The molecule has 2 atom stereocenters. The van der Waals surface area contributed by atoms with E-state index in [0.717, 1.165) is 51.6 Å². The van der Waals surface area contributed by atoms with Crippen molar-refractivity contribution in [1.82, 2.24) is 0 Å². The summed E-state index contributed by atoms with van der Waals surface area (Å²) in [5, 5.41) is 10.1. The summed E-state index contributed by atoms with van der Waals surface area (Å²) in [7, 11) is 0. The van der Waals surface area contributed by atoms with Crippen molar-refractivity contribution in [2.45, 2.75) is 97.3 Å². The highest BCUT2D eigenvalue weighted by atomic mass is 32.1. The van der Waals surface area contributed by atoms with Crippen LogP contribution in [0, 0.1) is 23.2 Å². The SMILES string of the molecule is CC1=CC[C@@H](C(=O)N(c2cc(C#CC(C)(C)C)sc2C(=O)O)[C@H]2CC[C@H](OC3CCOC3)CC2)CC1. The Kier molecular flexibility index (Phi) is 8.59. The summed E-state index contributed by atoms with van der Waals surface area (Å²) in [4.78, 5) is 29.0. The Hall–Kier alpha value is -2.14. The van der Waals surface area contributed by atoms with Gasteiger partial charge in [-0.2, -0.15) is 0 Å². The van der Waals surface area contributed by atoms with E-state index in [1.807, 2.05) is 31.7 Å². The number of ether oxygens (including phenoxy) is 2. The highest BCUT2D eigenvalue weighted by Crippen LogP contribution is 2.38. The highest BCUT2D eigenvalue weighted by Gasteiger charge is 2.37. The number of carbonyl (C=O) groups is 2. The summed E-state index contributed by atoms with van der Waals surface area (Å²) in [5.74, 6) is 5.28. The molecule has 196 valence electrons. The molecular weight excluding hydrogens is 474 g/mol. The van der Waals surface area contributed by atoms with Crippen LogP contribution in [0.5, 0.6) is 0 Å². The first-order valence-corrected chi connectivity index (χ1v) is 14.0. The second-order valence-electron chi connectivity index (χ2n) is 11.4. The van der Waals surface area contributed by atoms with Crippen molar-refractivity contribution in [3.8, 4) is 11.8 Å². The molecule has 1 N–H and O–H groups in total. The van der Waals surface area contributed by atoms with E-state index in [-0.39, 0.29) is 40.4 Å². The summed E-state index contributed by atoms with van der Waals surface area (Å²) in [6.45, 7) is 9.61. The summed E-state index contributed by atoms with van der Waals surface area (Å²) < 4.78 is 11.7. The zero-order valence-electron chi connectivity index (χ0n) is 22.0. The van der Waals surface area contributed by atoms with Crippen LogP contribution < -0.4 is 4.90 Å². The number of amides is 1. The van der Waals surface area contributed by atoms with Gasteiger partial charge >= 0.3 is 5.97 Å². The van der Waals surface area contributed by atoms with E-state index in [2.05, 4.69) is 24.8 Å². The molecule has 36 heavy (non-hydrogen) atoms. The lowest BCUT2D eigenvalue weighted by Crippen LogP contribution is -2.47. The Morgan fingerprint density at radius 3 is 2.47 bits per heavy atom. The Morgan fingerprint density at radius 2 is 1.89 bits per heavy atom. The topological polar surface area (TPSA) is 76.1 Å². The number of rotatable bonds is 6. The number of anilines is 1. The van der Waals surface area contributed by atoms with E-state index in [0.29, 0.717) is 23.6 Å². The van der Waals surface area contributed by atoms with Gasteiger partial charge in [0, 0.05) is 24.0 Å². The monoisotopic (exact) mass is 513 g/mol. The van der Waals surface area contributed by atoms with Gasteiger partial charge in [0.2, 0.25) is 5.91 Å². The Bertz CT molecular complexity index is 1040. The standard InChI is InChI=1S/C29H39NO5S/c1-19-5-7-20(8-6-19)27(31)30(21-9-11-22(12-10-21)35-23-14-16-34-18-23)25-17-24(13-15-29(2,3)4)36-26(25)28(32)33/h5,17,20-23H,6-12,14,16,18H2,1-4H3,(H,32,33)/t20-,21-,22-,23?/m1/s1. The first-order chi connectivity index (χ1) is 17.1. The molecule has 7 heteroatoms. The van der Waals surface area contributed by atoms with E-state index >= 15 is 0 Å². The minimum absolute atomic E-state index is 0.0414. The number of hydrogen-bond donors (Lipinski definition) is 1. The van der Waals surface area contributed by atoms with Crippen LogP contribution >= 0.6 is 11.3 Å². The second-order valence-corrected chi connectivity index (χ2v) is 12.5.